The second-order valence-electron chi connectivity index (χ2n) is 8.69. The molecule has 2 aromatic heterocycles. The minimum absolute atomic E-state index is 0.00645. The molecule has 0 bridgehead atoms. The van der Waals surface area contributed by atoms with E-state index in [-0.39, 0.29) is 17.0 Å². The molecule has 2 N–H and O–H groups in total. The smallest absolute Gasteiger partial charge is 0.273 e. The Morgan fingerprint density at radius 1 is 1.09 bits per heavy atom. The summed E-state index contributed by atoms with van der Waals surface area (Å²) in [4.78, 5) is 45.4. The first-order valence-electron chi connectivity index (χ1n) is 11.6. The van der Waals surface area contributed by atoms with Crippen molar-refractivity contribution in [3.8, 4) is 0 Å². The third kappa shape index (κ3) is 4.81. The van der Waals surface area contributed by atoms with Gasteiger partial charge in [-0.2, -0.15) is 5.10 Å². The number of H-pyrrole nitrogens is 1. The van der Waals surface area contributed by atoms with Crippen molar-refractivity contribution < 1.29 is 14.0 Å². The van der Waals surface area contributed by atoms with E-state index in [0.717, 1.165) is 24.2 Å². The molecule has 0 aliphatic carbocycles. The summed E-state index contributed by atoms with van der Waals surface area (Å²) in [5.41, 5.74) is 4.61. The van der Waals surface area contributed by atoms with Crippen LogP contribution in [-0.2, 0) is 12.8 Å². The Bertz CT molecular complexity index is 1310. The number of nitrogens with zero attached hydrogens (tertiary/aromatic N) is 4. The van der Waals surface area contributed by atoms with Gasteiger partial charge >= 0.3 is 0 Å². The highest BCUT2D eigenvalue weighted by atomic mass is 32.1. The summed E-state index contributed by atoms with van der Waals surface area (Å²) < 4.78 is 14.7. The van der Waals surface area contributed by atoms with Gasteiger partial charge in [0.1, 0.15) is 11.5 Å². The molecule has 3 aromatic rings. The summed E-state index contributed by atoms with van der Waals surface area (Å²) in [6.45, 7) is 2.38. The zero-order valence-electron chi connectivity index (χ0n) is 19.1. The van der Waals surface area contributed by atoms with Crippen molar-refractivity contribution in [2.75, 3.05) is 38.0 Å². The number of nitrogens with one attached hydrogen (secondary N) is 2. The molecular formula is C24H25FN6O3S. The molecule has 4 heterocycles. The Morgan fingerprint density at radius 2 is 1.89 bits per heavy atom. The number of rotatable bonds is 4. The van der Waals surface area contributed by atoms with Crippen molar-refractivity contribution in [3.05, 3.63) is 73.3 Å². The molecule has 0 spiro atoms. The first kappa shape index (κ1) is 23.2. The van der Waals surface area contributed by atoms with Gasteiger partial charge in [-0.1, -0.05) is 6.07 Å². The minimum Gasteiger partial charge on any atom is -0.383 e. The number of carbonyl (C=O) groups is 2. The van der Waals surface area contributed by atoms with Crippen molar-refractivity contribution in [1.82, 2.24) is 25.0 Å². The van der Waals surface area contributed by atoms with E-state index in [4.69, 9.17) is 0 Å². The number of aromatic amines is 1. The maximum atomic E-state index is 14.7. The van der Waals surface area contributed by atoms with Crippen molar-refractivity contribution in [2.45, 2.75) is 25.7 Å². The number of halogens is 1. The molecule has 35 heavy (non-hydrogen) atoms. The number of anilines is 1. The van der Waals surface area contributed by atoms with Crippen LogP contribution in [-0.4, -0.2) is 69.5 Å². The molecule has 0 saturated carbocycles. The highest BCUT2D eigenvalue weighted by Gasteiger charge is 2.26. The Balaban J connectivity index is 1.32. The number of carbonyl (C=O) groups excluding carboxylic acids is 2. The van der Waals surface area contributed by atoms with Gasteiger partial charge in [0, 0.05) is 50.1 Å². The van der Waals surface area contributed by atoms with E-state index in [1.54, 1.807) is 32.8 Å². The van der Waals surface area contributed by atoms with Crippen LogP contribution in [0.25, 0.3) is 0 Å². The third-order valence-corrected chi connectivity index (χ3v) is 7.00. The topological polar surface area (TPSA) is 111 Å². The van der Waals surface area contributed by atoms with Crippen LogP contribution >= 0.6 is 11.3 Å². The summed E-state index contributed by atoms with van der Waals surface area (Å²) in [7, 11) is 0. The first-order valence-corrected chi connectivity index (χ1v) is 12.5. The number of fused-ring (bicyclic) bond motifs is 1. The van der Waals surface area contributed by atoms with Crippen LogP contribution in [0.3, 0.4) is 0 Å². The Kier molecular flexibility index (Phi) is 6.58. The molecule has 2 aliphatic heterocycles. The zero-order valence-corrected chi connectivity index (χ0v) is 19.9. The van der Waals surface area contributed by atoms with Gasteiger partial charge in [-0.15, -0.1) is 11.3 Å². The number of hydrogen-bond acceptors (Lipinski definition) is 7. The second kappa shape index (κ2) is 9.95. The summed E-state index contributed by atoms with van der Waals surface area (Å²) in [6.07, 6.45) is 2.50. The average Bonchev–Trinajstić information content (AvgIpc) is 3.31. The van der Waals surface area contributed by atoms with E-state index >= 15 is 0 Å². The van der Waals surface area contributed by atoms with E-state index < -0.39 is 11.7 Å². The SMILES string of the molecule is O=C(c1cscn1)N1CCCN(C(=O)c2cc(Cc3n[nH]c(=O)c4c3NCCC4)ccc2F)CC1. The van der Waals surface area contributed by atoms with Crippen molar-refractivity contribution in [1.29, 1.82) is 0 Å². The number of benzene rings is 1. The molecule has 1 aromatic carbocycles. The number of hydrogen-bond donors (Lipinski definition) is 2. The molecule has 1 fully saturated rings. The Labute approximate surface area is 205 Å². The fraction of sp³-hybridized carbons (Fsp3) is 0.375. The molecule has 9 nitrogen and oxygen atoms in total. The van der Waals surface area contributed by atoms with Gasteiger partial charge in [-0.05, 0) is 37.0 Å². The van der Waals surface area contributed by atoms with Gasteiger partial charge in [0.05, 0.1) is 22.5 Å². The maximum Gasteiger partial charge on any atom is 0.273 e. The van der Waals surface area contributed by atoms with Crippen LogP contribution < -0.4 is 10.9 Å². The van der Waals surface area contributed by atoms with Crippen molar-refractivity contribution >= 4 is 28.8 Å². The minimum atomic E-state index is -0.590. The lowest BCUT2D eigenvalue weighted by molar-refractivity contribution is 0.0713. The van der Waals surface area contributed by atoms with Gasteiger partial charge in [0.15, 0.2) is 0 Å². The Morgan fingerprint density at radius 3 is 2.66 bits per heavy atom. The van der Waals surface area contributed by atoms with Gasteiger partial charge in [0.25, 0.3) is 17.4 Å². The number of aromatic nitrogens is 3. The molecule has 182 valence electrons. The number of amides is 2. The van der Waals surface area contributed by atoms with E-state index in [2.05, 4.69) is 20.5 Å². The van der Waals surface area contributed by atoms with Crippen LogP contribution in [0.15, 0.2) is 33.9 Å². The summed E-state index contributed by atoms with van der Waals surface area (Å²) in [5.74, 6) is -1.14. The summed E-state index contributed by atoms with van der Waals surface area (Å²) in [5, 5.41) is 11.7. The van der Waals surface area contributed by atoms with Crippen LogP contribution in [0.5, 0.6) is 0 Å². The maximum absolute atomic E-state index is 14.7. The molecule has 0 unspecified atom stereocenters. The van der Waals surface area contributed by atoms with E-state index in [9.17, 15) is 18.8 Å². The van der Waals surface area contributed by atoms with Crippen LogP contribution in [0, 0.1) is 5.82 Å². The van der Waals surface area contributed by atoms with E-state index in [1.165, 1.54) is 17.4 Å². The zero-order chi connectivity index (χ0) is 24.4. The van der Waals surface area contributed by atoms with Crippen molar-refractivity contribution in [2.24, 2.45) is 0 Å². The predicted octanol–water partition coefficient (Wildman–Crippen LogP) is 2.30. The monoisotopic (exact) mass is 496 g/mol. The molecular weight excluding hydrogens is 471 g/mol. The third-order valence-electron chi connectivity index (χ3n) is 6.42. The average molecular weight is 497 g/mol. The van der Waals surface area contributed by atoms with E-state index in [0.29, 0.717) is 62.4 Å². The summed E-state index contributed by atoms with van der Waals surface area (Å²) >= 11 is 1.36. The molecule has 1 saturated heterocycles. The molecule has 2 aliphatic rings. The predicted molar refractivity (Wildman–Crippen MR) is 129 cm³/mol. The molecule has 5 rings (SSSR count). The van der Waals surface area contributed by atoms with Crippen molar-refractivity contribution in [3.63, 3.8) is 0 Å². The molecule has 0 radical (unpaired) electrons. The van der Waals surface area contributed by atoms with Gasteiger partial charge in [-0.25, -0.2) is 14.5 Å². The Hall–Kier alpha value is -3.60. The summed E-state index contributed by atoms with van der Waals surface area (Å²) in [6, 6.07) is 4.48. The quantitative estimate of drug-likeness (QED) is 0.574. The van der Waals surface area contributed by atoms with Gasteiger partial charge in [-0.3, -0.25) is 14.4 Å². The van der Waals surface area contributed by atoms with Crippen LogP contribution in [0.2, 0.25) is 0 Å². The lowest BCUT2D eigenvalue weighted by Gasteiger charge is -2.22. The van der Waals surface area contributed by atoms with Crippen LogP contribution in [0.1, 0.15) is 50.5 Å². The number of thiazole rings is 1. The fourth-order valence-corrected chi connectivity index (χ4v) is 5.12. The molecule has 11 heteroatoms. The normalized spacial score (nSPS) is 15.8. The van der Waals surface area contributed by atoms with Gasteiger partial charge in [0.2, 0.25) is 0 Å². The van der Waals surface area contributed by atoms with E-state index in [1.807, 2.05) is 0 Å². The second-order valence-corrected chi connectivity index (χ2v) is 9.40. The fourth-order valence-electron chi connectivity index (χ4n) is 4.60. The first-order chi connectivity index (χ1) is 17.0. The highest BCUT2D eigenvalue weighted by Crippen LogP contribution is 2.24. The largest absolute Gasteiger partial charge is 0.383 e. The molecule has 0 atom stereocenters. The molecule has 2 amide bonds. The standard InChI is InChI=1S/C24H25FN6O3S/c25-18-5-4-15(12-19-21-16(3-1-6-26-21)22(32)29-28-19)11-17(18)23(33)30-7-2-8-31(10-9-30)24(34)20-13-35-14-27-20/h4-5,11,13-14,26H,1-3,6-10,12H2,(H,29,32). The highest BCUT2D eigenvalue weighted by molar-refractivity contribution is 7.07. The van der Waals surface area contributed by atoms with Crippen LogP contribution in [0.4, 0.5) is 10.1 Å². The lowest BCUT2D eigenvalue weighted by Crippen LogP contribution is -2.37. The lowest BCUT2D eigenvalue weighted by atomic mass is 9.99. The van der Waals surface area contributed by atoms with Gasteiger partial charge < -0.3 is 15.1 Å².